The summed E-state index contributed by atoms with van der Waals surface area (Å²) in [5, 5.41) is 9.08. The Bertz CT molecular complexity index is 875. The highest BCUT2D eigenvalue weighted by molar-refractivity contribution is 5.95. The lowest BCUT2D eigenvalue weighted by atomic mass is 9.90. The third kappa shape index (κ3) is 4.43. The molecule has 2 saturated heterocycles. The molecule has 6 heteroatoms. The minimum absolute atomic E-state index is 0.0620. The summed E-state index contributed by atoms with van der Waals surface area (Å²) in [5.41, 5.74) is 3.17. The average Bonchev–Trinajstić information content (AvgIpc) is 2.79. The molecule has 0 saturated carbocycles. The molecule has 0 radical (unpaired) electrons. The van der Waals surface area contributed by atoms with Crippen LogP contribution in [-0.2, 0) is 4.74 Å². The molecular formula is C23H26N2O4. The standard InChI is InChI=1S/C23H26N2O4/c26-22(19-3-1-5-21(15-19)24-11-13-29-14-12-24)25-10-2-4-20(16-25)17-6-8-18(9-7-17)23(27)28/h1,3,5-9,15,20H,2,4,10-14,16H2,(H,27,28)/t20-/m1/s1. The number of carboxylic acid groups (broad SMARTS) is 1. The van der Waals surface area contributed by atoms with Crippen LogP contribution in [0.5, 0.6) is 0 Å². The SMILES string of the molecule is O=C(O)c1ccc([C@@H]2CCCN(C(=O)c3cccc(N4CCOCC4)c3)C2)cc1. The van der Waals surface area contributed by atoms with Crippen LogP contribution in [0.15, 0.2) is 48.5 Å². The van der Waals surface area contributed by atoms with Crippen LogP contribution in [0, 0.1) is 0 Å². The van der Waals surface area contributed by atoms with E-state index in [2.05, 4.69) is 4.90 Å². The van der Waals surface area contributed by atoms with Gasteiger partial charge in [-0.15, -0.1) is 0 Å². The number of anilines is 1. The molecule has 29 heavy (non-hydrogen) atoms. The molecule has 0 unspecified atom stereocenters. The fraction of sp³-hybridized carbons (Fsp3) is 0.391. The van der Waals surface area contributed by atoms with E-state index < -0.39 is 5.97 Å². The number of benzene rings is 2. The topological polar surface area (TPSA) is 70.1 Å². The molecule has 1 N–H and O–H groups in total. The quantitative estimate of drug-likeness (QED) is 0.862. The van der Waals surface area contributed by atoms with E-state index in [4.69, 9.17) is 9.84 Å². The number of piperidine rings is 1. The molecule has 2 aliphatic rings. The van der Waals surface area contributed by atoms with Gasteiger partial charge in [0.1, 0.15) is 0 Å². The number of aromatic carboxylic acids is 1. The number of nitrogens with zero attached hydrogens (tertiary/aromatic N) is 2. The zero-order valence-corrected chi connectivity index (χ0v) is 16.4. The van der Waals surface area contributed by atoms with Gasteiger partial charge in [-0.3, -0.25) is 4.79 Å². The summed E-state index contributed by atoms with van der Waals surface area (Å²) < 4.78 is 5.42. The van der Waals surface area contributed by atoms with E-state index >= 15 is 0 Å². The van der Waals surface area contributed by atoms with Gasteiger partial charge < -0.3 is 19.6 Å². The van der Waals surface area contributed by atoms with Gasteiger partial charge in [-0.05, 0) is 48.7 Å². The van der Waals surface area contributed by atoms with Crippen molar-refractivity contribution < 1.29 is 19.4 Å². The molecule has 152 valence electrons. The van der Waals surface area contributed by atoms with Gasteiger partial charge in [0.2, 0.25) is 0 Å². The highest BCUT2D eigenvalue weighted by atomic mass is 16.5. The summed E-state index contributed by atoms with van der Waals surface area (Å²) in [7, 11) is 0. The molecule has 6 nitrogen and oxygen atoms in total. The number of carbonyl (C=O) groups is 2. The van der Waals surface area contributed by atoms with E-state index in [0.29, 0.717) is 19.8 Å². The minimum atomic E-state index is -0.919. The van der Waals surface area contributed by atoms with Crippen LogP contribution in [0.1, 0.15) is 45.0 Å². The number of likely N-dealkylation sites (tertiary alicyclic amines) is 1. The number of morpholine rings is 1. The maximum atomic E-state index is 13.2. The second-order valence-corrected chi connectivity index (χ2v) is 7.67. The lowest BCUT2D eigenvalue weighted by Crippen LogP contribution is -2.39. The zero-order chi connectivity index (χ0) is 20.2. The van der Waals surface area contributed by atoms with E-state index in [9.17, 15) is 9.59 Å². The Balaban J connectivity index is 1.46. The van der Waals surface area contributed by atoms with Gasteiger partial charge in [-0.2, -0.15) is 0 Å². The Kier molecular flexibility index (Phi) is 5.81. The van der Waals surface area contributed by atoms with Crippen molar-refractivity contribution in [3.8, 4) is 0 Å². The maximum Gasteiger partial charge on any atom is 0.335 e. The highest BCUT2D eigenvalue weighted by Crippen LogP contribution is 2.28. The molecule has 0 aromatic heterocycles. The predicted molar refractivity (Wildman–Crippen MR) is 111 cm³/mol. The summed E-state index contributed by atoms with van der Waals surface area (Å²) in [4.78, 5) is 28.4. The second-order valence-electron chi connectivity index (χ2n) is 7.67. The summed E-state index contributed by atoms with van der Waals surface area (Å²) in [6, 6.07) is 14.9. The minimum Gasteiger partial charge on any atom is -0.478 e. The number of hydrogen-bond acceptors (Lipinski definition) is 4. The zero-order valence-electron chi connectivity index (χ0n) is 16.4. The van der Waals surface area contributed by atoms with E-state index in [1.807, 2.05) is 41.3 Å². The van der Waals surface area contributed by atoms with Crippen LogP contribution in [0.25, 0.3) is 0 Å². The van der Waals surface area contributed by atoms with Crippen LogP contribution < -0.4 is 4.90 Å². The van der Waals surface area contributed by atoms with Gasteiger partial charge >= 0.3 is 5.97 Å². The van der Waals surface area contributed by atoms with E-state index in [1.54, 1.807) is 12.1 Å². The van der Waals surface area contributed by atoms with Crippen molar-refractivity contribution in [2.75, 3.05) is 44.3 Å². The molecule has 2 heterocycles. The fourth-order valence-corrected chi connectivity index (χ4v) is 4.17. The van der Waals surface area contributed by atoms with Gasteiger partial charge in [0, 0.05) is 43.3 Å². The average molecular weight is 394 g/mol. The molecule has 2 aliphatic heterocycles. The van der Waals surface area contributed by atoms with Crippen LogP contribution in [-0.4, -0.2) is 61.3 Å². The molecule has 4 rings (SSSR count). The fourth-order valence-electron chi connectivity index (χ4n) is 4.17. The largest absolute Gasteiger partial charge is 0.478 e. The molecular weight excluding hydrogens is 368 g/mol. The van der Waals surface area contributed by atoms with Crippen LogP contribution >= 0.6 is 0 Å². The van der Waals surface area contributed by atoms with Crippen LogP contribution in [0.4, 0.5) is 5.69 Å². The van der Waals surface area contributed by atoms with E-state index in [1.165, 1.54) is 0 Å². The number of ether oxygens (including phenoxy) is 1. The van der Waals surface area contributed by atoms with Crippen molar-refractivity contribution in [2.24, 2.45) is 0 Å². The molecule has 2 aromatic carbocycles. The molecule has 1 amide bonds. The first kappa shape index (κ1) is 19.5. The van der Waals surface area contributed by atoms with Crippen LogP contribution in [0.2, 0.25) is 0 Å². The Morgan fingerprint density at radius 1 is 0.966 bits per heavy atom. The van der Waals surface area contributed by atoms with Gasteiger partial charge in [0.05, 0.1) is 18.8 Å². The van der Waals surface area contributed by atoms with Gasteiger partial charge in [0.15, 0.2) is 0 Å². The third-order valence-corrected chi connectivity index (χ3v) is 5.81. The lowest BCUT2D eigenvalue weighted by Gasteiger charge is -2.33. The Labute approximate surface area is 170 Å². The Morgan fingerprint density at radius 3 is 2.45 bits per heavy atom. The summed E-state index contributed by atoms with van der Waals surface area (Å²) in [6.07, 6.45) is 1.95. The molecule has 2 fully saturated rings. The van der Waals surface area contributed by atoms with Crippen molar-refractivity contribution in [3.05, 3.63) is 65.2 Å². The molecule has 0 bridgehead atoms. The Morgan fingerprint density at radius 2 is 1.72 bits per heavy atom. The van der Waals surface area contributed by atoms with Crippen molar-refractivity contribution >= 4 is 17.6 Å². The Hall–Kier alpha value is -2.86. The second kappa shape index (κ2) is 8.66. The lowest BCUT2D eigenvalue weighted by molar-refractivity contribution is 0.0693. The number of carboxylic acids is 1. The molecule has 2 aromatic rings. The van der Waals surface area contributed by atoms with E-state index in [-0.39, 0.29) is 17.4 Å². The van der Waals surface area contributed by atoms with Gasteiger partial charge in [0.25, 0.3) is 5.91 Å². The third-order valence-electron chi connectivity index (χ3n) is 5.81. The van der Waals surface area contributed by atoms with Crippen LogP contribution in [0.3, 0.4) is 0 Å². The number of rotatable bonds is 4. The smallest absolute Gasteiger partial charge is 0.335 e. The summed E-state index contributed by atoms with van der Waals surface area (Å²) in [5.74, 6) is -0.623. The van der Waals surface area contributed by atoms with Crippen molar-refractivity contribution in [3.63, 3.8) is 0 Å². The first-order valence-corrected chi connectivity index (χ1v) is 10.2. The summed E-state index contributed by atoms with van der Waals surface area (Å²) >= 11 is 0. The number of hydrogen-bond donors (Lipinski definition) is 1. The maximum absolute atomic E-state index is 13.2. The van der Waals surface area contributed by atoms with Gasteiger partial charge in [-0.25, -0.2) is 4.79 Å². The molecule has 0 spiro atoms. The monoisotopic (exact) mass is 394 g/mol. The first-order chi connectivity index (χ1) is 14.1. The van der Waals surface area contributed by atoms with Crippen molar-refractivity contribution in [2.45, 2.75) is 18.8 Å². The van der Waals surface area contributed by atoms with Crippen molar-refractivity contribution in [1.29, 1.82) is 0 Å². The number of carbonyl (C=O) groups excluding carboxylic acids is 1. The van der Waals surface area contributed by atoms with Crippen molar-refractivity contribution in [1.82, 2.24) is 4.90 Å². The molecule has 0 aliphatic carbocycles. The molecule has 1 atom stereocenters. The normalized spacial score (nSPS) is 19.8. The van der Waals surface area contributed by atoms with Gasteiger partial charge in [-0.1, -0.05) is 18.2 Å². The van der Waals surface area contributed by atoms with E-state index in [0.717, 1.165) is 49.3 Å². The number of amides is 1. The summed E-state index contributed by atoms with van der Waals surface area (Å²) in [6.45, 7) is 4.53. The first-order valence-electron chi connectivity index (χ1n) is 10.2. The predicted octanol–water partition coefficient (Wildman–Crippen LogP) is 3.24. The highest BCUT2D eigenvalue weighted by Gasteiger charge is 2.26.